The number of hydrogen-bond donors (Lipinski definition) is 0. The Morgan fingerprint density at radius 2 is 1.33 bits per heavy atom. The van der Waals surface area contributed by atoms with Gasteiger partial charge in [-0.2, -0.15) is 0 Å². The average Bonchev–Trinajstić information content (AvgIpc) is 2.80. The van der Waals surface area contributed by atoms with Gasteiger partial charge in [-0.05, 0) is 39.3 Å². The fourth-order valence-corrected chi connectivity index (χ4v) is 4.47. The molecular formula is C14H28O4SSi2. The first-order chi connectivity index (χ1) is 9.55. The van der Waals surface area contributed by atoms with E-state index in [1.807, 2.05) is 0 Å². The molecule has 0 unspecified atom stereocenters. The van der Waals surface area contributed by atoms with Crippen LogP contribution in [0.15, 0.2) is 22.4 Å². The predicted octanol–water partition coefficient (Wildman–Crippen LogP) is 4.50. The Morgan fingerprint density at radius 1 is 0.857 bits per heavy atom. The van der Waals surface area contributed by atoms with E-state index < -0.39 is 16.6 Å². The maximum atomic E-state index is 6.02. The molecule has 1 rings (SSSR count). The fourth-order valence-electron chi connectivity index (χ4n) is 1.76. The number of rotatable bonds is 6. The molecule has 0 aromatic carbocycles. The van der Waals surface area contributed by atoms with Crippen LogP contribution < -0.4 is 0 Å². The standard InChI is InChI=1S/C14H28O4SSi2/c1-15-13(17-20(3,4)5)11-9-12(19-10-11)14(16-2)18-21(6,7)8/h9-10H2,1-8H3. The van der Waals surface area contributed by atoms with Gasteiger partial charge < -0.3 is 18.3 Å². The van der Waals surface area contributed by atoms with Crippen molar-refractivity contribution >= 4 is 28.4 Å². The smallest absolute Gasteiger partial charge is 0.275 e. The summed E-state index contributed by atoms with van der Waals surface area (Å²) in [5.41, 5.74) is 1.17. The van der Waals surface area contributed by atoms with E-state index in [0.717, 1.165) is 17.1 Å². The second-order valence-corrected chi connectivity index (χ2v) is 16.8. The maximum absolute atomic E-state index is 6.02. The molecule has 1 heterocycles. The molecule has 21 heavy (non-hydrogen) atoms. The highest BCUT2D eigenvalue weighted by Crippen LogP contribution is 2.40. The van der Waals surface area contributed by atoms with E-state index in [1.165, 1.54) is 5.57 Å². The van der Waals surface area contributed by atoms with Crippen LogP contribution in [0.5, 0.6) is 0 Å². The maximum Gasteiger partial charge on any atom is 0.275 e. The van der Waals surface area contributed by atoms with Crippen LogP contribution in [0.25, 0.3) is 0 Å². The first kappa shape index (κ1) is 18.5. The minimum absolute atomic E-state index is 0.664. The normalized spacial score (nSPS) is 21.0. The second-order valence-electron chi connectivity index (χ2n) is 6.90. The van der Waals surface area contributed by atoms with Crippen molar-refractivity contribution in [1.29, 1.82) is 0 Å². The summed E-state index contributed by atoms with van der Waals surface area (Å²) in [4.78, 5) is 1.13. The monoisotopic (exact) mass is 348 g/mol. The molecule has 4 nitrogen and oxygen atoms in total. The minimum Gasteiger partial charge on any atom is -0.520 e. The summed E-state index contributed by atoms with van der Waals surface area (Å²) in [6.07, 6.45) is 0.784. The van der Waals surface area contributed by atoms with Crippen molar-refractivity contribution in [3.8, 4) is 0 Å². The van der Waals surface area contributed by atoms with E-state index >= 15 is 0 Å². The Balaban J connectivity index is 2.94. The SMILES string of the molecule is COC(O[Si](C)(C)C)=C1CSC(=C(OC)O[Si](C)(C)C)C1. The summed E-state index contributed by atoms with van der Waals surface area (Å²) in [6, 6.07) is 0. The topological polar surface area (TPSA) is 36.9 Å². The van der Waals surface area contributed by atoms with E-state index in [1.54, 1.807) is 26.0 Å². The van der Waals surface area contributed by atoms with Crippen LogP contribution in [0.3, 0.4) is 0 Å². The fraction of sp³-hybridized carbons (Fsp3) is 0.714. The third-order valence-electron chi connectivity index (χ3n) is 2.48. The first-order valence-electron chi connectivity index (χ1n) is 7.09. The highest BCUT2D eigenvalue weighted by atomic mass is 32.2. The highest BCUT2D eigenvalue weighted by molar-refractivity contribution is 8.03. The summed E-state index contributed by atoms with van der Waals surface area (Å²) in [6.45, 7) is 12.9. The Kier molecular flexibility index (Phi) is 6.30. The van der Waals surface area contributed by atoms with Crippen LogP contribution in [0.2, 0.25) is 39.3 Å². The van der Waals surface area contributed by atoms with Crippen molar-refractivity contribution in [2.75, 3.05) is 20.0 Å². The summed E-state index contributed by atoms with van der Waals surface area (Å²) in [7, 11) is -0.00230. The number of hydrogen-bond acceptors (Lipinski definition) is 5. The Hall–Kier alpha value is -0.536. The molecule has 122 valence electrons. The van der Waals surface area contributed by atoms with Gasteiger partial charge in [0.2, 0.25) is 16.6 Å². The third-order valence-corrected chi connectivity index (χ3v) is 5.23. The lowest BCUT2D eigenvalue weighted by atomic mass is 10.2. The van der Waals surface area contributed by atoms with E-state index in [4.69, 9.17) is 18.3 Å². The van der Waals surface area contributed by atoms with E-state index in [9.17, 15) is 0 Å². The van der Waals surface area contributed by atoms with Crippen molar-refractivity contribution in [2.45, 2.75) is 45.7 Å². The highest BCUT2D eigenvalue weighted by Gasteiger charge is 2.29. The largest absolute Gasteiger partial charge is 0.520 e. The lowest BCUT2D eigenvalue weighted by molar-refractivity contribution is 0.139. The van der Waals surface area contributed by atoms with Crippen molar-refractivity contribution < 1.29 is 18.3 Å². The van der Waals surface area contributed by atoms with Crippen molar-refractivity contribution in [3.63, 3.8) is 0 Å². The van der Waals surface area contributed by atoms with Crippen LogP contribution in [0, 0.1) is 0 Å². The summed E-state index contributed by atoms with van der Waals surface area (Å²) in [5, 5.41) is 0. The van der Waals surface area contributed by atoms with Crippen LogP contribution in [-0.2, 0) is 18.3 Å². The van der Waals surface area contributed by atoms with Gasteiger partial charge in [-0.15, -0.1) is 11.8 Å². The summed E-state index contributed by atoms with van der Waals surface area (Å²) < 4.78 is 22.9. The molecule has 0 atom stereocenters. The van der Waals surface area contributed by atoms with Gasteiger partial charge in [0.15, 0.2) is 0 Å². The van der Waals surface area contributed by atoms with Crippen LogP contribution in [0.1, 0.15) is 6.42 Å². The van der Waals surface area contributed by atoms with Gasteiger partial charge in [0.1, 0.15) is 0 Å². The zero-order valence-corrected chi connectivity index (χ0v) is 17.3. The molecule has 0 bridgehead atoms. The molecule has 0 amide bonds. The van der Waals surface area contributed by atoms with Crippen molar-refractivity contribution in [1.82, 2.24) is 0 Å². The second kappa shape index (κ2) is 7.15. The van der Waals surface area contributed by atoms with Gasteiger partial charge in [0.25, 0.3) is 11.9 Å². The molecule has 0 spiro atoms. The van der Waals surface area contributed by atoms with Gasteiger partial charge in [-0.3, -0.25) is 0 Å². The van der Waals surface area contributed by atoms with Gasteiger partial charge in [0, 0.05) is 17.7 Å². The van der Waals surface area contributed by atoms with E-state index in [0.29, 0.717) is 11.9 Å². The van der Waals surface area contributed by atoms with Gasteiger partial charge >= 0.3 is 0 Å². The van der Waals surface area contributed by atoms with Crippen molar-refractivity contribution in [3.05, 3.63) is 22.4 Å². The zero-order valence-electron chi connectivity index (χ0n) is 14.5. The molecule has 0 aromatic heterocycles. The summed E-state index contributed by atoms with van der Waals surface area (Å²) in [5.74, 6) is 2.21. The lowest BCUT2D eigenvalue weighted by Crippen LogP contribution is -2.26. The van der Waals surface area contributed by atoms with E-state index in [2.05, 4.69) is 39.3 Å². The third kappa shape index (κ3) is 6.40. The van der Waals surface area contributed by atoms with Gasteiger partial charge in [-0.1, -0.05) is 0 Å². The Bertz CT molecular complexity index is 393. The average molecular weight is 349 g/mol. The molecule has 1 fully saturated rings. The van der Waals surface area contributed by atoms with Crippen LogP contribution in [0.4, 0.5) is 0 Å². The molecular weight excluding hydrogens is 320 g/mol. The molecule has 7 heteroatoms. The Labute approximate surface area is 135 Å². The van der Waals surface area contributed by atoms with Crippen LogP contribution >= 0.6 is 11.8 Å². The van der Waals surface area contributed by atoms with Gasteiger partial charge in [0.05, 0.1) is 19.1 Å². The molecule has 1 aliphatic rings. The quantitative estimate of drug-likeness (QED) is 0.522. The minimum atomic E-state index is -1.67. The summed E-state index contributed by atoms with van der Waals surface area (Å²) >= 11 is 1.74. The molecule has 1 saturated heterocycles. The number of allylic oxidation sites excluding steroid dienone is 1. The first-order valence-corrected chi connectivity index (χ1v) is 14.9. The number of thioether (sulfide) groups is 1. The molecule has 0 aliphatic carbocycles. The lowest BCUT2D eigenvalue weighted by Gasteiger charge is -2.22. The predicted molar refractivity (Wildman–Crippen MR) is 94.0 cm³/mol. The van der Waals surface area contributed by atoms with E-state index in [-0.39, 0.29) is 0 Å². The van der Waals surface area contributed by atoms with Crippen LogP contribution in [-0.4, -0.2) is 36.6 Å². The number of methoxy groups -OCH3 is 2. The number of ether oxygens (including phenoxy) is 2. The molecule has 0 saturated carbocycles. The molecule has 0 N–H and O–H groups in total. The molecule has 1 aliphatic heterocycles. The molecule has 0 radical (unpaired) electrons. The molecule has 0 aromatic rings. The van der Waals surface area contributed by atoms with Gasteiger partial charge in [-0.25, -0.2) is 0 Å². The zero-order chi connectivity index (χ0) is 16.3. The van der Waals surface area contributed by atoms with Crippen molar-refractivity contribution in [2.24, 2.45) is 0 Å². The Morgan fingerprint density at radius 3 is 1.76 bits per heavy atom.